The first-order valence-corrected chi connectivity index (χ1v) is 20.0. The number of carbonyl (C=O) groups is 3. The average Bonchev–Trinajstić information content (AvgIpc) is 3.60. The van der Waals surface area contributed by atoms with E-state index in [-0.39, 0.29) is 24.2 Å². The van der Waals surface area contributed by atoms with Crippen LogP contribution in [0.25, 0.3) is 0 Å². The van der Waals surface area contributed by atoms with Crippen LogP contribution in [-0.2, 0) is 33.6 Å². The first-order valence-electron chi connectivity index (χ1n) is 19.1. The highest BCUT2D eigenvalue weighted by Gasteiger charge is 2.26. The molecule has 7 nitrogen and oxygen atoms in total. The minimum absolute atomic E-state index is 0.0210. The Morgan fingerprint density at radius 2 is 1.44 bits per heavy atom. The van der Waals surface area contributed by atoms with Crippen LogP contribution < -0.4 is 15.4 Å². The third kappa shape index (κ3) is 16.1. The van der Waals surface area contributed by atoms with Crippen molar-refractivity contribution in [2.24, 2.45) is 0 Å². The Kier molecular flexibility index (Phi) is 20.2. The Bertz CT molecular complexity index is 1190. The van der Waals surface area contributed by atoms with Gasteiger partial charge in [-0.1, -0.05) is 89.3 Å². The number of fused-ring (bicyclic) bond motifs is 1. The zero-order valence-electron chi connectivity index (χ0n) is 30.0. The Morgan fingerprint density at radius 3 is 2.04 bits per heavy atom. The van der Waals surface area contributed by atoms with Gasteiger partial charge in [-0.05, 0) is 87.1 Å². The highest BCUT2D eigenvalue weighted by atomic mass is 32.1. The van der Waals surface area contributed by atoms with Crippen LogP contribution in [0.15, 0.2) is 35.7 Å². The SMILES string of the molecule is CCCN(CCc1cccs1)[C@@H]1CCc2c(cccc2OC(=O)CCNC(=O)CCCCCCCCCCCCCCC(=O)NCC)C1. The fourth-order valence-electron chi connectivity index (χ4n) is 6.82. The van der Waals surface area contributed by atoms with Crippen molar-refractivity contribution in [3.8, 4) is 5.75 Å². The molecule has 1 aliphatic rings. The largest absolute Gasteiger partial charge is 0.426 e. The Morgan fingerprint density at radius 1 is 0.792 bits per heavy atom. The second kappa shape index (κ2) is 24.4. The minimum Gasteiger partial charge on any atom is -0.426 e. The summed E-state index contributed by atoms with van der Waals surface area (Å²) in [5.74, 6) is 0.604. The van der Waals surface area contributed by atoms with Crippen molar-refractivity contribution >= 4 is 29.1 Å². The van der Waals surface area contributed by atoms with Gasteiger partial charge in [-0.25, -0.2) is 0 Å². The number of esters is 1. The predicted molar refractivity (Wildman–Crippen MR) is 199 cm³/mol. The molecule has 2 N–H and O–H groups in total. The van der Waals surface area contributed by atoms with Gasteiger partial charge < -0.3 is 15.4 Å². The summed E-state index contributed by atoms with van der Waals surface area (Å²) in [7, 11) is 0. The molecule has 1 aromatic heterocycles. The van der Waals surface area contributed by atoms with Crippen LogP contribution in [0.2, 0.25) is 0 Å². The maximum Gasteiger partial charge on any atom is 0.312 e. The molecule has 268 valence electrons. The van der Waals surface area contributed by atoms with Crippen LogP contribution in [0.4, 0.5) is 0 Å². The molecule has 3 rings (SSSR count). The maximum atomic E-state index is 12.7. The molecule has 8 heteroatoms. The van der Waals surface area contributed by atoms with Crippen molar-refractivity contribution in [1.82, 2.24) is 15.5 Å². The number of nitrogens with one attached hydrogen (secondary N) is 2. The molecule has 0 saturated heterocycles. The van der Waals surface area contributed by atoms with Gasteiger partial charge in [-0.2, -0.15) is 0 Å². The van der Waals surface area contributed by atoms with E-state index in [9.17, 15) is 14.4 Å². The number of hydrogen-bond donors (Lipinski definition) is 2. The number of thiophene rings is 1. The molecule has 0 aliphatic heterocycles. The molecule has 1 aliphatic carbocycles. The van der Waals surface area contributed by atoms with E-state index in [2.05, 4.69) is 46.0 Å². The molecule has 2 aromatic rings. The van der Waals surface area contributed by atoms with Crippen LogP contribution in [0.5, 0.6) is 5.75 Å². The van der Waals surface area contributed by atoms with E-state index >= 15 is 0 Å². The van der Waals surface area contributed by atoms with E-state index in [0.717, 1.165) is 77.4 Å². The van der Waals surface area contributed by atoms with Gasteiger partial charge >= 0.3 is 5.97 Å². The summed E-state index contributed by atoms with van der Waals surface area (Å²) in [4.78, 5) is 40.5. The molecular formula is C40H63N3O4S. The molecule has 1 atom stereocenters. The highest BCUT2D eigenvalue weighted by molar-refractivity contribution is 7.09. The summed E-state index contributed by atoms with van der Waals surface area (Å²) in [5, 5.41) is 7.92. The molecule has 48 heavy (non-hydrogen) atoms. The highest BCUT2D eigenvalue weighted by Crippen LogP contribution is 2.32. The second-order valence-electron chi connectivity index (χ2n) is 13.4. The van der Waals surface area contributed by atoms with Crippen molar-refractivity contribution < 1.29 is 19.1 Å². The third-order valence-corrected chi connectivity index (χ3v) is 10.4. The smallest absolute Gasteiger partial charge is 0.312 e. The molecule has 0 saturated carbocycles. The Labute approximate surface area is 295 Å². The van der Waals surface area contributed by atoms with Gasteiger partial charge in [0.1, 0.15) is 5.75 Å². The fraction of sp³-hybridized carbons (Fsp3) is 0.675. The normalized spacial score (nSPS) is 14.1. The molecule has 0 bridgehead atoms. The van der Waals surface area contributed by atoms with Crippen molar-refractivity contribution in [3.63, 3.8) is 0 Å². The van der Waals surface area contributed by atoms with Gasteiger partial charge in [0, 0.05) is 43.4 Å². The zero-order chi connectivity index (χ0) is 34.2. The lowest BCUT2D eigenvalue weighted by molar-refractivity contribution is -0.134. The number of hydrogen-bond acceptors (Lipinski definition) is 6. The number of unbranched alkanes of at least 4 members (excludes halogenated alkanes) is 11. The monoisotopic (exact) mass is 681 g/mol. The topological polar surface area (TPSA) is 87.7 Å². The van der Waals surface area contributed by atoms with E-state index in [4.69, 9.17) is 4.74 Å². The van der Waals surface area contributed by atoms with Gasteiger partial charge in [0.25, 0.3) is 0 Å². The van der Waals surface area contributed by atoms with Crippen molar-refractivity contribution in [3.05, 3.63) is 51.7 Å². The van der Waals surface area contributed by atoms with Crippen LogP contribution in [0.1, 0.15) is 139 Å². The fourth-order valence-corrected chi connectivity index (χ4v) is 7.52. The lowest BCUT2D eigenvalue weighted by atomic mass is 9.86. The van der Waals surface area contributed by atoms with Gasteiger partial charge in [-0.15, -0.1) is 11.3 Å². The number of benzene rings is 1. The lowest BCUT2D eigenvalue weighted by Crippen LogP contribution is -2.41. The maximum absolute atomic E-state index is 12.7. The van der Waals surface area contributed by atoms with E-state index < -0.39 is 0 Å². The van der Waals surface area contributed by atoms with Gasteiger partial charge in [0.15, 0.2) is 0 Å². The quantitative estimate of drug-likeness (QED) is 0.0590. The summed E-state index contributed by atoms with van der Waals surface area (Å²) in [5.41, 5.74) is 2.46. The molecule has 0 fully saturated rings. The molecule has 0 unspecified atom stereocenters. The third-order valence-electron chi connectivity index (χ3n) is 9.47. The summed E-state index contributed by atoms with van der Waals surface area (Å²) in [6.07, 6.45) is 20.8. The standard InChI is InChI=1S/C40H63N3O4S/c1-3-29-43(30-27-35-20-18-31-48-35)34-24-25-36-33(32-34)19-17-21-37(36)47-40(46)26-28-42-39(45)23-16-14-12-10-8-6-5-7-9-11-13-15-22-38(44)41-4-2/h17-21,31,34H,3-16,22-30,32H2,1-2H3,(H,41,44)(H,42,45)/t34-/m1/s1. The number of ether oxygens (including phenoxy) is 1. The molecular weight excluding hydrogens is 619 g/mol. The summed E-state index contributed by atoms with van der Waals surface area (Å²) in [6.45, 7) is 7.45. The molecule has 1 aromatic carbocycles. The van der Waals surface area contributed by atoms with Gasteiger partial charge in [-0.3, -0.25) is 19.3 Å². The zero-order valence-corrected chi connectivity index (χ0v) is 30.8. The van der Waals surface area contributed by atoms with Crippen molar-refractivity contribution in [1.29, 1.82) is 0 Å². The van der Waals surface area contributed by atoms with E-state index in [0.29, 0.717) is 31.2 Å². The predicted octanol–water partition coefficient (Wildman–Crippen LogP) is 8.57. The Hall–Kier alpha value is -2.71. The summed E-state index contributed by atoms with van der Waals surface area (Å²) < 4.78 is 5.82. The first-order chi connectivity index (χ1) is 23.5. The molecule has 1 heterocycles. The van der Waals surface area contributed by atoms with Crippen molar-refractivity contribution in [2.45, 2.75) is 148 Å². The summed E-state index contributed by atoms with van der Waals surface area (Å²) in [6, 6.07) is 11.0. The van der Waals surface area contributed by atoms with Crippen LogP contribution in [0.3, 0.4) is 0 Å². The van der Waals surface area contributed by atoms with E-state index in [1.807, 2.05) is 30.4 Å². The average molecular weight is 682 g/mol. The van der Waals surface area contributed by atoms with Crippen LogP contribution in [-0.4, -0.2) is 54.9 Å². The summed E-state index contributed by atoms with van der Waals surface area (Å²) >= 11 is 1.84. The number of amides is 2. The Balaban J connectivity index is 1.20. The van der Waals surface area contributed by atoms with Crippen LogP contribution in [0, 0.1) is 0 Å². The minimum atomic E-state index is -0.286. The van der Waals surface area contributed by atoms with Crippen LogP contribution >= 0.6 is 11.3 Å². The first kappa shape index (κ1) is 39.7. The molecule has 0 spiro atoms. The van der Waals surface area contributed by atoms with Gasteiger partial charge in [0.2, 0.25) is 11.8 Å². The van der Waals surface area contributed by atoms with Crippen molar-refractivity contribution in [2.75, 3.05) is 26.2 Å². The number of carbonyl (C=O) groups excluding carboxylic acids is 3. The number of rotatable bonds is 26. The van der Waals surface area contributed by atoms with E-state index in [1.165, 1.54) is 67.4 Å². The number of nitrogens with zero attached hydrogens (tertiary/aromatic N) is 1. The molecule has 2 amide bonds. The lowest BCUT2D eigenvalue weighted by Gasteiger charge is -2.35. The second-order valence-corrected chi connectivity index (χ2v) is 14.5. The van der Waals surface area contributed by atoms with E-state index in [1.54, 1.807) is 0 Å². The molecule has 0 radical (unpaired) electrons. The van der Waals surface area contributed by atoms with Gasteiger partial charge in [0.05, 0.1) is 6.42 Å².